The Hall–Kier alpha value is -1.62. The Kier molecular flexibility index (Phi) is 9.42. The fourth-order valence-electron chi connectivity index (χ4n) is 1.91. The van der Waals surface area contributed by atoms with Crippen LogP contribution in [0, 0.1) is 6.92 Å². The molecule has 1 heterocycles. The Morgan fingerprint density at radius 3 is 2.64 bits per heavy atom. The molecule has 6 heteroatoms. The average molecular weight is 342 g/mol. The second-order valence-electron chi connectivity index (χ2n) is 4.69. The number of aryl methyl sites for hydroxylation is 1. The van der Waals surface area contributed by atoms with Gasteiger partial charge in [0.2, 0.25) is 0 Å². The third-order valence-corrected chi connectivity index (χ3v) is 2.90. The summed E-state index contributed by atoms with van der Waals surface area (Å²) in [6.07, 6.45) is 3.30. The van der Waals surface area contributed by atoms with E-state index in [2.05, 4.69) is 22.5 Å². The zero-order valence-corrected chi connectivity index (χ0v) is 14.3. The standard InChI is InChI=1S/C16H19N3O.2ClH/c1-3-17-10-13-5-4-6-15(8-13)19-16(20)14-7-12(2)9-18-11-14;;/h4-9,11,17H,3,10H2,1-2H3,(H,19,20);2*1H. The van der Waals surface area contributed by atoms with E-state index in [1.54, 1.807) is 12.4 Å². The van der Waals surface area contributed by atoms with Gasteiger partial charge in [-0.05, 0) is 42.8 Å². The number of amides is 1. The van der Waals surface area contributed by atoms with Crippen LogP contribution >= 0.6 is 24.8 Å². The van der Waals surface area contributed by atoms with Gasteiger partial charge in [-0.1, -0.05) is 19.1 Å². The average Bonchev–Trinajstić information content (AvgIpc) is 2.45. The summed E-state index contributed by atoms with van der Waals surface area (Å²) in [5, 5.41) is 6.16. The summed E-state index contributed by atoms with van der Waals surface area (Å²) in [4.78, 5) is 16.2. The summed E-state index contributed by atoms with van der Waals surface area (Å²) in [6.45, 7) is 5.70. The van der Waals surface area contributed by atoms with Crippen molar-refractivity contribution in [3.05, 3.63) is 59.4 Å². The first-order valence-corrected chi connectivity index (χ1v) is 6.71. The second kappa shape index (κ2) is 10.2. The number of pyridine rings is 1. The molecule has 2 rings (SSSR count). The van der Waals surface area contributed by atoms with E-state index < -0.39 is 0 Å². The van der Waals surface area contributed by atoms with E-state index in [4.69, 9.17) is 0 Å². The predicted octanol–water partition coefficient (Wildman–Crippen LogP) is 3.60. The highest BCUT2D eigenvalue weighted by molar-refractivity contribution is 6.04. The van der Waals surface area contributed by atoms with Crippen LogP contribution in [0.3, 0.4) is 0 Å². The first-order chi connectivity index (χ1) is 9.69. The molecule has 0 aliphatic heterocycles. The maximum absolute atomic E-state index is 12.1. The van der Waals surface area contributed by atoms with Crippen molar-refractivity contribution in [3.63, 3.8) is 0 Å². The Morgan fingerprint density at radius 2 is 1.95 bits per heavy atom. The fourth-order valence-corrected chi connectivity index (χ4v) is 1.91. The summed E-state index contributed by atoms with van der Waals surface area (Å²) in [5.74, 6) is -0.137. The molecule has 0 atom stereocenters. The maximum Gasteiger partial charge on any atom is 0.257 e. The summed E-state index contributed by atoms with van der Waals surface area (Å²) in [7, 11) is 0. The zero-order chi connectivity index (χ0) is 14.4. The number of rotatable bonds is 5. The van der Waals surface area contributed by atoms with Crippen LogP contribution in [-0.4, -0.2) is 17.4 Å². The molecule has 0 aliphatic carbocycles. The number of anilines is 1. The van der Waals surface area contributed by atoms with Crippen LogP contribution in [0.25, 0.3) is 0 Å². The van der Waals surface area contributed by atoms with Crippen molar-refractivity contribution in [1.29, 1.82) is 0 Å². The lowest BCUT2D eigenvalue weighted by Gasteiger charge is -2.08. The summed E-state index contributed by atoms with van der Waals surface area (Å²) >= 11 is 0. The molecule has 2 aromatic rings. The summed E-state index contributed by atoms with van der Waals surface area (Å²) in [6, 6.07) is 9.66. The van der Waals surface area contributed by atoms with Crippen molar-refractivity contribution in [1.82, 2.24) is 10.3 Å². The predicted molar refractivity (Wildman–Crippen MR) is 95.2 cm³/mol. The molecule has 120 valence electrons. The maximum atomic E-state index is 12.1. The molecular formula is C16H21Cl2N3O. The number of aromatic nitrogens is 1. The number of carbonyl (C=O) groups is 1. The number of hydrogen-bond acceptors (Lipinski definition) is 3. The van der Waals surface area contributed by atoms with Gasteiger partial charge in [0.1, 0.15) is 0 Å². The van der Waals surface area contributed by atoms with Crippen LogP contribution in [0.1, 0.15) is 28.4 Å². The fraction of sp³-hybridized carbons (Fsp3) is 0.250. The Bertz CT molecular complexity index is 605. The number of nitrogens with zero attached hydrogens (tertiary/aromatic N) is 1. The lowest BCUT2D eigenvalue weighted by Crippen LogP contribution is -2.14. The van der Waals surface area contributed by atoms with Crippen LogP contribution in [0.15, 0.2) is 42.7 Å². The van der Waals surface area contributed by atoms with Crippen LogP contribution in [0.4, 0.5) is 5.69 Å². The minimum Gasteiger partial charge on any atom is -0.322 e. The first-order valence-electron chi connectivity index (χ1n) is 6.71. The van der Waals surface area contributed by atoms with Gasteiger partial charge in [-0.15, -0.1) is 24.8 Å². The van der Waals surface area contributed by atoms with E-state index in [0.29, 0.717) is 5.56 Å². The minimum atomic E-state index is -0.137. The highest BCUT2D eigenvalue weighted by Crippen LogP contribution is 2.12. The molecule has 0 aliphatic rings. The Labute approximate surface area is 143 Å². The molecule has 1 aromatic heterocycles. The van der Waals surface area contributed by atoms with Crippen LogP contribution in [0.2, 0.25) is 0 Å². The Balaban J connectivity index is 0.00000220. The smallest absolute Gasteiger partial charge is 0.257 e. The van der Waals surface area contributed by atoms with Crippen LogP contribution in [-0.2, 0) is 6.54 Å². The van der Waals surface area contributed by atoms with Gasteiger partial charge in [-0.2, -0.15) is 0 Å². The highest BCUT2D eigenvalue weighted by atomic mass is 35.5. The number of benzene rings is 1. The lowest BCUT2D eigenvalue weighted by molar-refractivity contribution is 0.102. The molecular weight excluding hydrogens is 321 g/mol. The van der Waals surface area contributed by atoms with E-state index >= 15 is 0 Å². The van der Waals surface area contributed by atoms with E-state index in [1.807, 2.05) is 37.3 Å². The second-order valence-corrected chi connectivity index (χ2v) is 4.69. The van der Waals surface area contributed by atoms with Crippen LogP contribution < -0.4 is 10.6 Å². The molecule has 0 saturated carbocycles. The van der Waals surface area contributed by atoms with Crippen molar-refractivity contribution >= 4 is 36.4 Å². The molecule has 2 N–H and O–H groups in total. The highest BCUT2D eigenvalue weighted by Gasteiger charge is 2.06. The topological polar surface area (TPSA) is 54.0 Å². The SMILES string of the molecule is CCNCc1cccc(NC(=O)c2cncc(C)c2)c1.Cl.Cl. The van der Waals surface area contributed by atoms with Crippen molar-refractivity contribution in [2.75, 3.05) is 11.9 Å². The molecule has 1 aromatic carbocycles. The van der Waals surface area contributed by atoms with Gasteiger partial charge in [-0.3, -0.25) is 9.78 Å². The van der Waals surface area contributed by atoms with Crippen molar-refractivity contribution in [3.8, 4) is 0 Å². The molecule has 0 spiro atoms. The number of nitrogens with one attached hydrogen (secondary N) is 2. The monoisotopic (exact) mass is 341 g/mol. The van der Waals surface area contributed by atoms with Crippen LogP contribution in [0.5, 0.6) is 0 Å². The Morgan fingerprint density at radius 1 is 1.18 bits per heavy atom. The van der Waals surface area contributed by atoms with Crippen molar-refractivity contribution in [2.45, 2.75) is 20.4 Å². The van der Waals surface area contributed by atoms with Gasteiger partial charge in [0.05, 0.1) is 5.56 Å². The molecule has 22 heavy (non-hydrogen) atoms. The van der Waals surface area contributed by atoms with Crippen molar-refractivity contribution in [2.24, 2.45) is 0 Å². The van der Waals surface area contributed by atoms with E-state index in [9.17, 15) is 4.79 Å². The van der Waals surface area contributed by atoms with Gasteiger partial charge in [0, 0.05) is 24.6 Å². The van der Waals surface area contributed by atoms with Gasteiger partial charge >= 0.3 is 0 Å². The molecule has 1 amide bonds. The molecule has 0 bridgehead atoms. The minimum absolute atomic E-state index is 0. The lowest BCUT2D eigenvalue weighted by atomic mass is 10.1. The molecule has 0 radical (unpaired) electrons. The summed E-state index contributed by atoms with van der Waals surface area (Å²) in [5.41, 5.74) is 3.49. The zero-order valence-electron chi connectivity index (χ0n) is 12.6. The third-order valence-electron chi connectivity index (χ3n) is 2.90. The van der Waals surface area contributed by atoms with Gasteiger partial charge in [0.25, 0.3) is 5.91 Å². The third kappa shape index (κ3) is 6.02. The molecule has 0 unspecified atom stereocenters. The van der Waals surface area contributed by atoms with Gasteiger partial charge in [-0.25, -0.2) is 0 Å². The molecule has 0 saturated heterocycles. The number of hydrogen-bond donors (Lipinski definition) is 2. The molecule has 0 fully saturated rings. The first kappa shape index (κ1) is 20.4. The van der Waals surface area contributed by atoms with Gasteiger partial charge < -0.3 is 10.6 Å². The van der Waals surface area contributed by atoms with Gasteiger partial charge in [0.15, 0.2) is 0 Å². The quantitative estimate of drug-likeness (QED) is 0.873. The van der Waals surface area contributed by atoms with E-state index in [-0.39, 0.29) is 30.7 Å². The number of halogens is 2. The van der Waals surface area contributed by atoms with E-state index in [0.717, 1.165) is 29.9 Å². The molecule has 4 nitrogen and oxygen atoms in total. The number of carbonyl (C=O) groups excluding carboxylic acids is 1. The van der Waals surface area contributed by atoms with E-state index in [1.165, 1.54) is 0 Å². The largest absolute Gasteiger partial charge is 0.322 e. The normalized spacial score (nSPS) is 9.36. The van der Waals surface area contributed by atoms with Crippen molar-refractivity contribution < 1.29 is 4.79 Å². The summed E-state index contributed by atoms with van der Waals surface area (Å²) < 4.78 is 0.